The van der Waals surface area contributed by atoms with Gasteiger partial charge in [-0.25, -0.2) is 9.97 Å². The summed E-state index contributed by atoms with van der Waals surface area (Å²) in [5, 5.41) is 7.77. The first kappa shape index (κ1) is 15.6. The molecule has 2 aromatic heterocycles. The normalized spacial score (nSPS) is 19.6. The van der Waals surface area contributed by atoms with Gasteiger partial charge in [0.25, 0.3) is 0 Å². The standard InChI is InChI=1S/C16H25N5S/c1-2-3-6-16-19-15(11-22-16)10-20-7-4-5-14(8-20)9-21-13-17-12-18-21/h11-14H,2-10H2,1H3/t14-/m0/s1. The molecule has 1 aliphatic heterocycles. The van der Waals surface area contributed by atoms with Crippen LogP contribution in [-0.4, -0.2) is 37.7 Å². The van der Waals surface area contributed by atoms with Gasteiger partial charge in [0.05, 0.1) is 10.7 Å². The molecule has 0 saturated carbocycles. The van der Waals surface area contributed by atoms with Gasteiger partial charge in [-0.1, -0.05) is 13.3 Å². The summed E-state index contributed by atoms with van der Waals surface area (Å²) >= 11 is 1.82. The van der Waals surface area contributed by atoms with Crippen LogP contribution >= 0.6 is 11.3 Å². The van der Waals surface area contributed by atoms with Crippen molar-refractivity contribution < 1.29 is 0 Å². The van der Waals surface area contributed by atoms with Crippen LogP contribution in [0.4, 0.5) is 0 Å². The first-order valence-electron chi connectivity index (χ1n) is 8.31. The van der Waals surface area contributed by atoms with Crippen LogP contribution in [0, 0.1) is 5.92 Å². The quantitative estimate of drug-likeness (QED) is 0.787. The lowest BCUT2D eigenvalue weighted by Gasteiger charge is -2.32. The monoisotopic (exact) mass is 319 g/mol. The number of likely N-dealkylation sites (tertiary alicyclic amines) is 1. The van der Waals surface area contributed by atoms with E-state index < -0.39 is 0 Å². The van der Waals surface area contributed by atoms with E-state index in [1.165, 1.54) is 42.9 Å². The lowest BCUT2D eigenvalue weighted by Crippen LogP contribution is -2.36. The molecule has 0 N–H and O–H groups in total. The maximum absolute atomic E-state index is 4.79. The number of rotatable bonds is 7. The number of hydrogen-bond donors (Lipinski definition) is 0. The molecule has 0 radical (unpaired) electrons. The Bertz CT molecular complexity index is 551. The zero-order valence-electron chi connectivity index (χ0n) is 13.3. The molecule has 0 aliphatic carbocycles. The predicted octanol–water partition coefficient (Wildman–Crippen LogP) is 2.99. The third-order valence-electron chi connectivity index (χ3n) is 4.24. The molecule has 5 nitrogen and oxygen atoms in total. The highest BCUT2D eigenvalue weighted by atomic mass is 32.1. The van der Waals surface area contributed by atoms with Gasteiger partial charge >= 0.3 is 0 Å². The molecule has 1 atom stereocenters. The fourth-order valence-electron chi connectivity index (χ4n) is 3.13. The van der Waals surface area contributed by atoms with Crippen LogP contribution in [-0.2, 0) is 19.5 Å². The van der Waals surface area contributed by atoms with E-state index in [4.69, 9.17) is 4.98 Å². The molecule has 3 rings (SSSR count). The second kappa shape index (κ2) is 7.83. The number of hydrogen-bond acceptors (Lipinski definition) is 5. The van der Waals surface area contributed by atoms with Gasteiger partial charge in [-0.2, -0.15) is 5.10 Å². The van der Waals surface area contributed by atoms with Crippen molar-refractivity contribution >= 4 is 11.3 Å². The molecule has 0 bridgehead atoms. The van der Waals surface area contributed by atoms with E-state index in [9.17, 15) is 0 Å². The molecule has 0 aromatic carbocycles. The molecule has 0 spiro atoms. The topological polar surface area (TPSA) is 46.8 Å². The largest absolute Gasteiger partial charge is 0.297 e. The van der Waals surface area contributed by atoms with E-state index >= 15 is 0 Å². The Labute approximate surface area is 136 Å². The zero-order valence-corrected chi connectivity index (χ0v) is 14.1. The number of piperidine rings is 1. The molecular formula is C16H25N5S. The SMILES string of the molecule is CCCCc1nc(CN2CCC[C@H](Cn3cncn3)C2)cs1. The van der Waals surface area contributed by atoms with Gasteiger partial charge in [-0.15, -0.1) is 11.3 Å². The molecule has 0 amide bonds. The van der Waals surface area contributed by atoms with Crippen LogP contribution in [0.2, 0.25) is 0 Å². The van der Waals surface area contributed by atoms with E-state index in [0.29, 0.717) is 5.92 Å². The average Bonchev–Trinajstić information content (AvgIpc) is 3.17. The smallest absolute Gasteiger partial charge is 0.137 e. The molecule has 120 valence electrons. The zero-order chi connectivity index (χ0) is 15.2. The Hall–Kier alpha value is -1.27. The molecule has 2 aromatic rings. The molecular weight excluding hydrogens is 294 g/mol. The van der Waals surface area contributed by atoms with E-state index in [1.54, 1.807) is 6.33 Å². The second-order valence-electron chi connectivity index (χ2n) is 6.20. The summed E-state index contributed by atoms with van der Waals surface area (Å²) in [6.07, 6.45) is 9.62. The minimum Gasteiger partial charge on any atom is -0.297 e. The highest BCUT2D eigenvalue weighted by Crippen LogP contribution is 2.21. The summed E-state index contributed by atoms with van der Waals surface area (Å²) in [7, 11) is 0. The average molecular weight is 319 g/mol. The van der Waals surface area contributed by atoms with Gasteiger partial charge in [-0.05, 0) is 38.1 Å². The molecule has 1 aliphatic rings. The van der Waals surface area contributed by atoms with Crippen LogP contribution in [0.5, 0.6) is 0 Å². The maximum Gasteiger partial charge on any atom is 0.137 e. The van der Waals surface area contributed by atoms with Crippen molar-refractivity contribution in [2.24, 2.45) is 5.92 Å². The lowest BCUT2D eigenvalue weighted by atomic mass is 9.98. The summed E-state index contributed by atoms with van der Waals surface area (Å²) in [6.45, 7) is 6.54. The van der Waals surface area contributed by atoms with Gasteiger partial charge in [0.15, 0.2) is 0 Å². The lowest BCUT2D eigenvalue weighted by molar-refractivity contribution is 0.152. The minimum absolute atomic E-state index is 0.675. The van der Waals surface area contributed by atoms with Crippen LogP contribution in [0.1, 0.15) is 43.3 Å². The van der Waals surface area contributed by atoms with E-state index in [0.717, 1.165) is 26.1 Å². The summed E-state index contributed by atoms with van der Waals surface area (Å²) < 4.78 is 1.96. The summed E-state index contributed by atoms with van der Waals surface area (Å²) in [5.41, 5.74) is 1.25. The van der Waals surface area contributed by atoms with E-state index in [1.807, 2.05) is 22.3 Å². The molecule has 3 heterocycles. The van der Waals surface area contributed by atoms with Gasteiger partial charge in [0.2, 0.25) is 0 Å². The number of nitrogens with zero attached hydrogens (tertiary/aromatic N) is 5. The predicted molar refractivity (Wildman–Crippen MR) is 88.7 cm³/mol. The van der Waals surface area contributed by atoms with Gasteiger partial charge < -0.3 is 0 Å². The first-order valence-corrected chi connectivity index (χ1v) is 9.19. The van der Waals surface area contributed by atoms with E-state index in [2.05, 4.69) is 27.3 Å². The molecule has 22 heavy (non-hydrogen) atoms. The van der Waals surface area contributed by atoms with E-state index in [-0.39, 0.29) is 0 Å². The number of unbranched alkanes of at least 4 members (excludes halogenated alkanes) is 1. The highest BCUT2D eigenvalue weighted by Gasteiger charge is 2.21. The van der Waals surface area contributed by atoms with Crippen molar-refractivity contribution in [1.29, 1.82) is 0 Å². The van der Waals surface area contributed by atoms with Crippen molar-refractivity contribution in [3.05, 3.63) is 28.7 Å². The van der Waals surface area contributed by atoms with Crippen molar-refractivity contribution in [3.8, 4) is 0 Å². The van der Waals surface area contributed by atoms with Gasteiger partial charge in [0, 0.05) is 25.0 Å². The summed E-state index contributed by atoms with van der Waals surface area (Å²) in [6, 6.07) is 0. The van der Waals surface area contributed by atoms with Crippen molar-refractivity contribution in [1.82, 2.24) is 24.6 Å². The van der Waals surface area contributed by atoms with Gasteiger partial charge in [-0.3, -0.25) is 9.58 Å². The fraction of sp³-hybridized carbons (Fsp3) is 0.688. The van der Waals surface area contributed by atoms with Crippen LogP contribution in [0.25, 0.3) is 0 Å². The highest BCUT2D eigenvalue weighted by molar-refractivity contribution is 7.09. The molecule has 1 saturated heterocycles. The number of thiazole rings is 1. The van der Waals surface area contributed by atoms with Crippen molar-refractivity contribution in [3.63, 3.8) is 0 Å². The second-order valence-corrected chi connectivity index (χ2v) is 7.14. The Kier molecular flexibility index (Phi) is 5.56. The molecule has 0 unspecified atom stereocenters. The Balaban J connectivity index is 1.50. The Morgan fingerprint density at radius 1 is 1.41 bits per heavy atom. The summed E-state index contributed by atoms with van der Waals surface area (Å²) in [4.78, 5) is 11.4. The Morgan fingerprint density at radius 2 is 2.36 bits per heavy atom. The van der Waals surface area contributed by atoms with Crippen molar-refractivity contribution in [2.45, 2.75) is 52.1 Å². The third-order valence-corrected chi connectivity index (χ3v) is 5.20. The summed E-state index contributed by atoms with van der Waals surface area (Å²) in [5.74, 6) is 0.675. The maximum atomic E-state index is 4.79. The van der Waals surface area contributed by atoms with Crippen LogP contribution in [0.3, 0.4) is 0 Å². The number of aryl methyl sites for hydroxylation is 1. The third kappa shape index (κ3) is 4.36. The molecule has 6 heteroatoms. The fourth-order valence-corrected chi connectivity index (χ4v) is 3.96. The number of aromatic nitrogens is 4. The van der Waals surface area contributed by atoms with Crippen molar-refractivity contribution in [2.75, 3.05) is 13.1 Å². The van der Waals surface area contributed by atoms with Gasteiger partial charge in [0.1, 0.15) is 12.7 Å². The molecule has 1 fully saturated rings. The van der Waals surface area contributed by atoms with Crippen LogP contribution in [0.15, 0.2) is 18.0 Å². The van der Waals surface area contributed by atoms with Crippen LogP contribution < -0.4 is 0 Å². The minimum atomic E-state index is 0.675. The first-order chi connectivity index (χ1) is 10.8. The Morgan fingerprint density at radius 3 is 3.18 bits per heavy atom.